The quantitative estimate of drug-likeness (QED) is 0.672. The molecule has 1 saturated carbocycles. The van der Waals surface area contributed by atoms with Crippen molar-refractivity contribution in [3.05, 3.63) is 0 Å². The van der Waals surface area contributed by atoms with Gasteiger partial charge in [0.25, 0.3) is 0 Å². The van der Waals surface area contributed by atoms with E-state index in [0.717, 1.165) is 17.8 Å². The van der Waals surface area contributed by atoms with Crippen LogP contribution in [0.2, 0.25) is 0 Å². The topological polar surface area (TPSA) is 3.24 Å². The van der Waals surface area contributed by atoms with Gasteiger partial charge in [0.15, 0.2) is 0 Å². The highest BCUT2D eigenvalue weighted by atomic mass is 15.2. The minimum atomic E-state index is 0.393. The Kier molecular flexibility index (Phi) is 3.12. The predicted molar refractivity (Wildman–Crippen MR) is 65.9 cm³/mol. The van der Waals surface area contributed by atoms with Gasteiger partial charge in [-0.3, -0.25) is 4.90 Å². The van der Waals surface area contributed by atoms with E-state index in [-0.39, 0.29) is 0 Å². The maximum atomic E-state index is 2.70. The van der Waals surface area contributed by atoms with E-state index in [0.29, 0.717) is 5.54 Å². The summed E-state index contributed by atoms with van der Waals surface area (Å²) in [5, 5.41) is 0. The van der Waals surface area contributed by atoms with Gasteiger partial charge in [0.1, 0.15) is 0 Å². The van der Waals surface area contributed by atoms with E-state index in [4.69, 9.17) is 0 Å². The minimum absolute atomic E-state index is 0.393. The molecule has 0 aromatic carbocycles. The SMILES string of the molecule is CCCC1CC2CN(C(C)(C)C)CC2C1. The zero-order valence-electron chi connectivity index (χ0n) is 10.9. The molecule has 1 saturated heterocycles. The third-order valence-corrected chi connectivity index (χ3v) is 4.49. The molecule has 15 heavy (non-hydrogen) atoms. The number of hydrogen-bond acceptors (Lipinski definition) is 1. The van der Waals surface area contributed by atoms with Gasteiger partial charge in [-0.1, -0.05) is 19.8 Å². The third-order valence-electron chi connectivity index (χ3n) is 4.49. The molecule has 1 aliphatic carbocycles. The van der Waals surface area contributed by atoms with Crippen molar-refractivity contribution < 1.29 is 0 Å². The molecule has 0 aromatic heterocycles. The average Bonchev–Trinajstić information content (AvgIpc) is 2.59. The fourth-order valence-electron chi connectivity index (χ4n) is 3.62. The minimum Gasteiger partial charge on any atom is -0.298 e. The summed E-state index contributed by atoms with van der Waals surface area (Å²) in [6.07, 6.45) is 5.89. The number of hydrogen-bond donors (Lipinski definition) is 0. The first kappa shape index (κ1) is 11.4. The van der Waals surface area contributed by atoms with Crippen molar-refractivity contribution in [1.29, 1.82) is 0 Å². The summed E-state index contributed by atoms with van der Waals surface area (Å²) in [7, 11) is 0. The molecular weight excluding hydrogens is 182 g/mol. The van der Waals surface area contributed by atoms with Gasteiger partial charge < -0.3 is 0 Å². The maximum absolute atomic E-state index is 2.70. The molecule has 2 aliphatic rings. The van der Waals surface area contributed by atoms with Gasteiger partial charge in [-0.15, -0.1) is 0 Å². The van der Waals surface area contributed by atoms with Crippen molar-refractivity contribution in [3.63, 3.8) is 0 Å². The summed E-state index contributed by atoms with van der Waals surface area (Å²) in [6, 6.07) is 0. The maximum Gasteiger partial charge on any atom is 0.0125 e. The Morgan fingerprint density at radius 3 is 2.00 bits per heavy atom. The number of rotatable bonds is 2. The van der Waals surface area contributed by atoms with E-state index in [1.54, 1.807) is 0 Å². The largest absolute Gasteiger partial charge is 0.298 e. The summed E-state index contributed by atoms with van der Waals surface area (Å²) in [5.41, 5.74) is 0.393. The number of nitrogens with zero attached hydrogens (tertiary/aromatic N) is 1. The van der Waals surface area contributed by atoms with Gasteiger partial charge >= 0.3 is 0 Å². The lowest BCUT2D eigenvalue weighted by molar-refractivity contribution is 0.156. The van der Waals surface area contributed by atoms with Crippen LogP contribution in [0.1, 0.15) is 53.4 Å². The van der Waals surface area contributed by atoms with Crippen molar-refractivity contribution >= 4 is 0 Å². The Morgan fingerprint density at radius 1 is 1.07 bits per heavy atom. The van der Waals surface area contributed by atoms with Crippen LogP contribution in [-0.4, -0.2) is 23.5 Å². The van der Waals surface area contributed by atoms with E-state index in [1.165, 1.54) is 38.8 Å². The number of fused-ring (bicyclic) bond motifs is 1. The molecule has 0 N–H and O–H groups in total. The van der Waals surface area contributed by atoms with E-state index >= 15 is 0 Å². The second-order valence-corrected chi connectivity index (χ2v) is 6.72. The normalized spacial score (nSPS) is 37.2. The van der Waals surface area contributed by atoms with Crippen LogP contribution in [0.25, 0.3) is 0 Å². The van der Waals surface area contributed by atoms with E-state index < -0.39 is 0 Å². The van der Waals surface area contributed by atoms with Crippen LogP contribution in [0.15, 0.2) is 0 Å². The molecule has 2 unspecified atom stereocenters. The first-order valence-electron chi connectivity index (χ1n) is 6.75. The smallest absolute Gasteiger partial charge is 0.0125 e. The zero-order chi connectivity index (χ0) is 11.1. The third kappa shape index (κ3) is 2.38. The molecule has 2 fully saturated rings. The average molecular weight is 209 g/mol. The molecule has 2 rings (SSSR count). The molecule has 0 aromatic rings. The Labute approximate surface area is 95.2 Å². The Hall–Kier alpha value is -0.0400. The zero-order valence-corrected chi connectivity index (χ0v) is 10.9. The highest BCUT2D eigenvalue weighted by molar-refractivity contribution is 4.95. The van der Waals surface area contributed by atoms with E-state index in [1.807, 2.05) is 0 Å². The summed E-state index contributed by atoms with van der Waals surface area (Å²) in [4.78, 5) is 2.70. The summed E-state index contributed by atoms with van der Waals surface area (Å²) < 4.78 is 0. The summed E-state index contributed by atoms with van der Waals surface area (Å²) in [6.45, 7) is 12.1. The lowest BCUT2D eigenvalue weighted by Gasteiger charge is -2.32. The van der Waals surface area contributed by atoms with Gasteiger partial charge in [-0.25, -0.2) is 0 Å². The monoisotopic (exact) mass is 209 g/mol. The molecule has 0 amide bonds. The molecule has 0 spiro atoms. The van der Waals surface area contributed by atoms with Gasteiger partial charge in [0, 0.05) is 18.6 Å². The first-order chi connectivity index (χ1) is 7.00. The van der Waals surface area contributed by atoms with Crippen LogP contribution < -0.4 is 0 Å². The molecule has 2 atom stereocenters. The molecule has 0 radical (unpaired) electrons. The Balaban J connectivity index is 1.88. The van der Waals surface area contributed by atoms with Crippen molar-refractivity contribution in [2.75, 3.05) is 13.1 Å². The summed E-state index contributed by atoms with van der Waals surface area (Å²) in [5.74, 6) is 3.12. The highest BCUT2D eigenvalue weighted by Gasteiger charge is 2.42. The van der Waals surface area contributed by atoms with Crippen molar-refractivity contribution in [2.24, 2.45) is 17.8 Å². The van der Waals surface area contributed by atoms with Gasteiger partial charge in [0.05, 0.1) is 0 Å². The standard InChI is InChI=1S/C14H27N/c1-5-6-11-7-12-9-15(14(2,3)4)10-13(12)8-11/h11-13H,5-10H2,1-4H3. The second kappa shape index (κ2) is 4.08. The Morgan fingerprint density at radius 2 is 1.60 bits per heavy atom. The second-order valence-electron chi connectivity index (χ2n) is 6.72. The molecule has 1 heterocycles. The van der Waals surface area contributed by atoms with Gasteiger partial charge in [0.2, 0.25) is 0 Å². The van der Waals surface area contributed by atoms with Gasteiger partial charge in [-0.2, -0.15) is 0 Å². The fraction of sp³-hybridized carbons (Fsp3) is 1.00. The van der Waals surface area contributed by atoms with Crippen LogP contribution in [0, 0.1) is 17.8 Å². The summed E-state index contributed by atoms with van der Waals surface area (Å²) >= 11 is 0. The van der Waals surface area contributed by atoms with Crippen molar-refractivity contribution in [2.45, 2.75) is 58.9 Å². The van der Waals surface area contributed by atoms with Crippen LogP contribution in [0.5, 0.6) is 0 Å². The molecule has 1 aliphatic heterocycles. The van der Waals surface area contributed by atoms with Crippen LogP contribution in [-0.2, 0) is 0 Å². The highest BCUT2D eigenvalue weighted by Crippen LogP contribution is 2.44. The fourth-order valence-corrected chi connectivity index (χ4v) is 3.62. The molecular formula is C14H27N. The van der Waals surface area contributed by atoms with Gasteiger partial charge in [-0.05, 0) is 51.4 Å². The van der Waals surface area contributed by atoms with Crippen LogP contribution in [0.3, 0.4) is 0 Å². The van der Waals surface area contributed by atoms with Crippen LogP contribution >= 0.6 is 0 Å². The molecule has 88 valence electrons. The first-order valence-corrected chi connectivity index (χ1v) is 6.75. The van der Waals surface area contributed by atoms with E-state index in [9.17, 15) is 0 Å². The van der Waals surface area contributed by atoms with E-state index in [2.05, 4.69) is 32.6 Å². The molecule has 1 heteroatoms. The lowest BCUT2D eigenvalue weighted by Crippen LogP contribution is -2.40. The predicted octanol–water partition coefficient (Wildman–Crippen LogP) is 3.54. The Bertz CT molecular complexity index is 202. The lowest BCUT2D eigenvalue weighted by atomic mass is 9.99. The van der Waals surface area contributed by atoms with Crippen molar-refractivity contribution in [3.8, 4) is 0 Å². The van der Waals surface area contributed by atoms with Crippen molar-refractivity contribution in [1.82, 2.24) is 4.90 Å². The van der Waals surface area contributed by atoms with Crippen LogP contribution in [0.4, 0.5) is 0 Å². The number of likely N-dealkylation sites (tertiary alicyclic amines) is 1. The molecule has 1 nitrogen and oxygen atoms in total. The molecule has 0 bridgehead atoms.